The van der Waals surface area contributed by atoms with Gasteiger partial charge in [0.15, 0.2) is 5.12 Å². The largest absolute Gasteiger partial charge is 0.491 e. The van der Waals surface area contributed by atoms with E-state index in [1.54, 1.807) is 19.4 Å². The molecule has 0 unspecified atom stereocenters. The van der Waals surface area contributed by atoms with Crippen LogP contribution in [0.3, 0.4) is 0 Å². The number of nitrogens with zero attached hydrogens (tertiary/aromatic N) is 1. The molecule has 21 heavy (non-hydrogen) atoms. The molecule has 1 aliphatic heterocycles. The van der Waals surface area contributed by atoms with Gasteiger partial charge in [0.25, 0.3) is 0 Å². The van der Waals surface area contributed by atoms with Gasteiger partial charge in [-0.2, -0.15) is 0 Å². The zero-order valence-electron chi connectivity index (χ0n) is 13.0. The molecular formula is C14H20BNO4S. The maximum atomic E-state index is 11.2. The highest BCUT2D eigenvalue weighted by Gasteiger charge is 2.52. The molecule has 114 valence electrons. The number of hydrogen-bond donors (Lipinski definition) is 0. The summed E-state index contributed by atoms with van der Waals surface area (Å²) in [4.78, 5) is 11.2. The van der Waals surface area contributed by atoms with Crippen LogP contribution in [0.4, 0.5) is 0 Å². The van der Waals surface area contributed by atoms with Crippen molar-refractivity contribution >= 4 is 30.1 Å². The summed E-state index contributed by atoms with van der Waals surface area (Å²) >= 11 is 1.23. The fourth-order valence-electron chi connectivity index (χ4n) is 1.86. The molecule has 1 saturated heterocycles. The lowest BCUT2D eigenvalue weighted by molar-refractivity contribution is -0.109. The molecule has 5 nitrogen and oxygen atoms in total. The molecule has 1 aromatic rings. The molecule has 1 fully saturated rings. The molecule has 1 aliphatic rings. The smallest absolute Gasteiger partial charge is 0.400 e. The van der Waals surface area contributed by atoms with E-state index in [0.29, 0.717) is 5.75 Å². The van der Waals surface area contributed by atoms with Crippen LogP contribution in [-0.4, -0.2) is 34.3 Å². The molecule has 0 N–H and O–H groups in total. The summed E-state index contributed by atoms with van der Waals surface area (Å²) < 4.78 is 16.9. The first-order valence-electron chi connectivity index (χ1n) is 6.80. The Labute approximate surface area is 129 Å². The highest BCUT2D eigenvalue weighted by molar-refractivity contribution is 8.13. The third-order valence-electron chi connectivity index (χ3n) is 3.80. The van der Waals surface area contributed by atoms with Crippen molar-refractivity contribution in [2.45, 2.75) is 45.8 Å². The summed E-state index contributed by atoms with van der Waals surface area (Å²) in [7, 11) is -0.475. The van der Waals surface area contributed by atoms with Crippen LogP contribution >= 0.6 is 11.8 Å². The van der Waals surface area contributed by atoms with Gasteiger partial charge in [-0.3, -0.25) is 4.79 Å². The van der Waals surface area contributed by atoms with Crippen molar-refractivity contribution in [1.82, 2.24) is 5.16 Å². The number of carbonyl (C=O) groups excluding carboxylic acids is 1. The quantitative estimate of drug-likeness (QED) is 0.797. The van der Waals surface area contributed by atoms with Crippen LogP contribution in [0.1, 0.15) is 40.2 Å². The van der Waals surface area contributed by atoms with E-state index < -0.39 is 18.3 Å². The molecule has 0 spiro atoms. The Bertz CT molecular complexity index is 523. The summed E-state index contributed by atoms with van der Waals surface area (Å²) in [6.07, 6.45) is 5.06. The van der Waals surface area contributed by atoms with Gasteiger partial charge in [0.05, 0.1) is 17.4 Å². The molecule has 2 heterocycles. The Hall–Kier alpha value is -1.05. The van der Waals surface area contributed by atoms with E-state index in [1.807, 2.05) is 33.8 Å². The second kappa shape index (κ2) is 5.98. The van der Waals surface area contributed by atoms with Crippen molar-refractivity contribution in [2.24, 2.45) is 0 Å². The molecule has 0 saturated carbocycles. The minimum absolute atomic E-state index is 0.0581. The lowest BCUT2D eigenvalue weighted by atomic mass is 9.78. The van der Waals surface area contributed by atoms with Gasteiger partial charge in [0.2, 0.25) is 0 Å². The van der Waals surface area contributed by atoms with Crippen molar-refractivity contribution in [3.63, 3.8) is 0 Å². The Morgan fingerprint density at radius 3 is 2.43 bits per heavy atom. The van der Waals surface area contributed by atoms with Gasteiger partial charge in [-0.05, 0) is 33.2 Å². The second-order valence-electron chi connectivity index (χ2n) is 6.05. The third kappa shape index (κ3) is 3.78. The predicted molar refractivity (Wildman–Crippen MR) is 83.7 cm³/mol. The maximum Gasteiger partial charge on any atom is 0.491 e. The lowest BCUT2D eigenvalue weighted by Gasteiger charge is -2.32. The van der Waals surface area contributed by atoms with Crippen LogP contribution < -0.4 is 0 Å². The Balaban J connectivity index is 2.22. The number of rotatable bonds is 4. The fraction of sp³-hybridized carbons (Fsp3) is 0.571. The predicted octanol–water partition coefficient (Wildman–Crippen LogP) is 2.97. The van der Waals surface area contributed by atoms with E-state index in [1.165, 1.54) is 11.8 Å². The Kier molecular flexibility index (Phi) is 4.65. The van der Waals surface area contributed by atoms with E-state index >= 15 is 0 Å². The van der Waals surface area contributed by atoms with Gasteiger partial charge in [-0.1, -0.05) is 23.0 Å². The maximum absolute atomic E-state index is 11.2. The van der Waals surface area contributed by atoms with E-state index in [9.17, 15) is 4.79 Å². The summed E-state index contributed by atoms with van der Waals surface area (Å²) in [5.41, 5.74) is 0.888. The number of carbonyl (C=O) groups is 1. The van der Waals surface area contributed by atoms with E-state index in [0.717, 1.165) is 11.0 Å². The van der Waals surface area contributed by atoms with Gasteiger partial charge in [-0.15, -0.1) is 0 Å². The highest BCUT2D eigenvalue weighted by Crippen LogP contribution is 2.39. The minimum atomic E-state index is -0.475. The third-order valence-corrected chi connectivity index (χ3v) is 4.69. The van der Waals surface area contributed by atoms with Crippen LogP contribution in [-0.2, 0) is 14.1 Å². The topological polar surface area (TPSA) is 61.6 Å². The highest BCUT2D eigenvalue weighted by atomic mass is 32.2. The van der Waals surface area contributed by atoms with Gasteiger partial charge < -0.3 is 13.8 Å². The molecule has 7 heteroatoms. The van der Waals surface area contributed by atoms with Crippen LogP contribution in [0.2, 0.25) is 0 Å². The SMILES string of the molecule is CC(=O)SCC(=Cc1cnoc1)B1OC(C)(C)C(C)(C)O1. The van der Waals surface area contributed by atoms with Gasteiger partial charge in [-0.25, -0.2) is 0 Å². The van der Waals surface area contributed by atoms with Crippen molar-refractivity contribution in [3.8, 4) is 0 Å². The molecule has 0 radical (unpaired) electrons. The first-order valence-corrected chi connectivity index (χ1v) is 7.79. The molecule has 0 aromatic carbocycles. The second-order valence-corrected chi connectivity index (χ2v) is 7.20. The first kappa shape index (κ1) is 16.3. The van der Waals surface area contributed by atoms with Crippen LogP contribution in [0.5, 0.6) is 0 Å². The van der Waals surface area contributed by atoms with Crippen molar-refractivity contribution in [1.29, 1.82) is 0 Å². The van der Waals surface area contributed by atoms with Gasteiger partial charge in [0.1, 0.15) is 6.26 Å². The molecule has 0 aliphatic carbocycles. The Morgan fingerprint density at radius 2 is 1.95 bits per heavy atom. The minimum Gasteiger partial charge on any atom is -0.400 e. The fourth-order valence-corrected chi connectivity index (χ4v) is 2.44. The zero-order valence-corrected chi connectivity index (χ0v) is 13.8. The molecular weight excluding hydrogens is 289 g/mol. The normalized spacial score (nSPS) is 20.8. The van der Waals surface area contributed by atoms with E-state index in [4.69, 9.17) is 13.8 Å². The van der Waals surface area contributed by atoms with E-state index in [2.05, 4.69) is 5.16 Å². The van der Waals surface area contributed by atoms with Gasteiger partial charge in [0, 0.05) is 18.2 Å². The molecule has 0 amide bonds. The summed E-state index contributed by atoms with van der Waals surface area (Å²) in [5, 5.41) is 3.74. The average molecular weight is 309 g/mol. The standard InChI is InChI=1S/C14H20BNO4S/c1-10(17)21-9-12(6-11-7-16-18-8-11)15-19-13(2,3)14(4,5)20-15/h6-8H,9H2,1-5H3. The van der Waals surface area contributed by atoms with Crippen molar-refractivity contribution in [2.75, 3.05) is 5.75 Å². The number of aromatic nitrogens is 1. The average Bonchev–Trinajstić information content (AvgIpc) is 2.91. The van der Waals surface area contributed by atoms with Crippen molar-refractivity contribution in [3.05, 3.63) is 23.5 Å². The van der Waals surface area contributed by atoms with E-state index in [-0.39, 0.29) is 5.12 Å². The van der Waals surface area contributed by atoms with Crippen molar-refractivity contribution < 1.29 is 18.6 Å². The lowest BCUT2D eigenvalue weighted by Crippen LogP contribution is -2.41. The van der Waals surface area contributed by atoms with Crippen LogP contribution in [0.25, 0.3) is 6.08 Å². The zero-order chi connectivity index (χ0) is 15.7. The monoisotopic (exact) mass is 309 g/mol. The van der Waals surface area contributed by atoms with Crippen LogP contribution in [0.15, 0.2) is 22.5 Å². The summed E-state index contributed by atoms with van der Waals surface area (Å²) in [5.74, 6) is 0.511. The van der Waals surface area contributed by atoms with Gasteiger partial charge >= 0.3 is 7.12 Å². The molecule has 0 bridgehead atoms. The summed E-state index contributed by atoms with van der Waals surface area (Å²) in [6.45, 7) is 9.56. The molecule has 1 aromatic heterocycles. The number of hydrogen-bond acceptors (Lipinski definition) is 6. The number of thioether (sulfide) groups is 1. The summed E-state index contributed by atoms with van der Waals surface area (Å²) in [6, 6.07) is 0. The molecule has 0 atom stereocenters. The van der Waals surface area contributed by atoms with Crippen LogP contribution in [0, 0.1) is 0 Å². The first-order chi connectivity index (χ1) is 9.71. The molecule has 2 rings (SSSR count). The Morgan fingerprint density at radius 1 is 1.33 bits per heavy atom.